The molecule has 1 rings (SSSR count). The second-order valence-corrected chi connectivity index (χ2v) is 5.27. The summed E-state index contributed by atoms with van der Waals surface area (Å²) in [6.45, 7) is 3.85. The molecule has 1 aromatic carbocycles. The van der Waals surface area contributed by atoms with Crippen LogP contribution in [0.3, 0.4) is 0 Å². The smallest absolute Gasteiger partial charge is 0.251 e. The molecule has 4 nitrogen and oxygen atoms in total. The van der Waals surface area contributed by atoms with E-state index in [1.807, 2.05) is 0 Å². The number of carbonyl (C=O) groups is 1. The SMILES string of the molecule is CC(C)(C#N)CNC(=O)c1ccc(N)c(Br)c1. The summed E-state index contributed by atoms with van der Waals surface area (Å²) in [7, 11) is 0. The second-order valence-electron chi connectivity index (χ2n) is 4.41. The average molecular weight is 296 g/mol. The number of hydrogen-bond acceptors (Lipinski definition) is 3. The number of nitrogen functional groups attached to an aromatic ring is 1. The zero-order chi connectivity index (χ0) is 13.1. The molecule has 0 aromatic heterocycles. The maximum absolute atomic E-state index is 11.8. The van der Waals surface area contributed by atoms with Crippen molar-refractivity contribution in [2.24, 2.45) is 5.41 Å². The van der Waals surface area contributed by atoms with Crippen molar-refractivity contribution in [3.63, 3.8) is 0 Å². The van der Waals surface area contributed by atoms with Gasteiger partial charge in [0, 0.05) is 22.3 Å². The van der Waals surface area contributed by atoms with Gasteiger partial charge in [-0.25, -0.2) is 0 Å². The maximum atomic E-state index is 11.8. The lowest BCUT2D eigenvalue weighted by atomic mass is 9.96. The predicted octanol–water partition coefficient (Wildman–Crippen LogP) is 2.31. The van der Waals surface area contributed by atoms with Crippen LogP contribution >= 0.6 is 15.9 Å². The molecule has 0 spiro atoms. The molecule has 0 saturated carbocycles. The summed E-state index contributed by atoms with van der Waals surface area (Å²) in [5.41, 5.74) is 6.16. The van der Waals surface area contributed by atoms with Crippen LogP contribution < -0.4 is 11.1 Å². The highest BCUT2D eigenvalue weighted by Crippen LogP contribution is 2.20. The Kier molecular flexibility index (Phi) is 4.13. The molecule has 0 heterocycles. The number of nitrogens with zero attached hydrogens (tertiary/aromatic N) is 1. The van der Waals surface area contributed by atoms with Gasteiger partial charge in [-0.2, -0.15) is 5.26 Å². The molecule has 0 aliphatic rings. The number of nitrogens with two attached hydrogens (primary N) is 1. The lowest BCUT2D eigenvalue weighted by Gasteiger charge is -2.15. The number of nitrogens with one attached hydrogen (secondary N) is 1. The van der Waals surface area contributed by atoms with Crippen molar-refractivity contribution >= 4 is 27.5 Å². The molecule has 0 fully saturated rings. The Morgan fingerprint density at radius 3 is 2.76 bits per heavy atom. The van der Waals surface area contributed by atoms with E-state index < -0.39 is 5.41 Å². The molecular weight excluding hydrogens is 282 g/mol. The topological polar surface area (TPSA) is 78.9 Å². The normalized spacial score (nSPS) is 10.7. The van der Waals surface area contributed by atoms with E-state index in [2.05, 4.69) is 27.3 Å². The molecule has 3 N–H and O–H groups in total. The summed E-state index contributed by atoms with van der Waals surface area (Å²) in [6.07, 6.45) is 0. The van der Waals surface area contributed by atoms with E-state index in [-0.39, 0.29) is 5.91 Å². The molecule has 17 heavy (non-hydrogen) atoms. The number of hydrogen-bond donors (Lipinski definition) is 2. The molecule has 0 saturated heterocycles. The predicted molar refractivity (Wildman–Crippen MR) is 70.3 cm³/mol. The molecule has 5 heteroatoms. The molecule has 0 aliphatic heterocycles. The molecule has 1 aromatic rings. The first kappa shape index (κ1) is 13.5. The third-order valence-corrected chi connectivity index (χ3v) is 2.94. The van der Waals surface area contributed by atoms with Crippen LogP contribution in [0.2, 0.25) is 0 Å². The summed E-state index contributed by atoms with van der Waals surface area (Å²) < 4.78 is 0.685. The number of amides is 1. The van der Waals surface area contributed by atoms with Crippen molar-refractivity contribution in [3.8, 4) is 6.07 Å². The van der Waals surface area contributed by atoms with Gasteiger partial charge in [0.05, 0.1) is 11.5 Å². The van der Waals surface area contributed by atoms with Gasteiger partial charge >= 0.3 is 0 Å². The Morgan fingerprint density at radius 1 is 1.59 bits per heavy atom. The van der Waals surface area contributed by atoms with Gasteiger partial charge in [-0.3, -0.25) is 4.79 Å². The van der Waals surface area contributed by atoms with Crippen molar-refractivity contribution in [1.29, 1.82) is 5.26 Å². The van der Waals surface area contributed by atoms with Crippen LogP contribution in [-0.2, 0) is 0 Å². The summed E-state index contributed by atoms with van der Waals surface area (Å²) in [5.74, 6) is -0.214. The Labute approximate surface area is 109 Å². The van der Waals surface area contributed by atoms with Gasteiger partial charge in [0.1, 0.15) is 0 Å². The first-order valence-corrected chi connectivity index (χ1v) is 5.89. The average Bonchev–Trinajstić information content (AvgIpc) is 2.30. The quantitative estimate of drug-likeness (QED) is 0.840. The van der Waals surface area contributed by atoms with Crippen LogP contribution in [0.1, 0.15) is 24.2 Å². The standard InChI is InChI=1S/C12H14BrN3O/c1-12(2,6-14)7-16-11(17)8-3-4-10(15)9(13)5-8/h3-5H,7,15H2,1-2H3,(H,16,17). The minimum absolute atomic E-state index is 0.214. The van der Waals surface area contributed by atoms with E-state index in [1.54, 1.807) is 32.0 Å². The van der Waals surface area contributed by atoms with Crippen molar-refractivity contribution in [3.05, 3.63) is 28.2 Å². The van der Waals surface area contributed by atoms with Gasteiger partial charge in [-0.15, -0.1) is 0 Å². The fraction of sp³-hybridized carbons (Fsp3) is 0.333. The number of benzene rings is 1. The van der Waals surface area contributed by atoms with Gasteiger partial charge in [-0.05, 0) is 48.0 Å². The highest BCUT2D eigenvalue weighted by atomic mass is 79.9. The van der Waals surface area contributed by atoms with Crippen LogP contribution in [-0.4, -0.2) is 12.5 Å². The largest absolute Gasteiger partial charge is 0.398 e. The number of rotatable bonds is 3. The summed E-state index contributed by atoms with van der Waals surface area (Å²) >= 11 is 3.26. The van der Waals surface area contributed by atoms with Crippen molar-refractivity contribution in [1.82, 2.24) is 5.32 Å². The fourth-order valence-corrected chi connectivity index (χ4v) is 1.49. The first-order valence-electron chi connectivity index (χ1n) is 5.10. The Morgan fingerprint density at radius 2 is 2.24 bits per heavy atom. The molecule has 0 radical (unpaired) electrons. The Balaban J connectivity index is 2.72. The molecule has 0 bridgehead atoms. The number of anilines is 1. The van der Waals surface area contributed by atoms with Crippen LogP contribution in [0.4, 0.5) is 5.69 Å². The lowest BCUT2D eigenvalue weighted by Crippen LogP contribution is -2.33. The van der Waals surface area contributed by atoms with Gasteiger partial charge in [-0.1, -0.05) is 0 Å². The Hall–Kier alpha value is -1.54. The first-order chi connectivity index (χ1) is 7.85. The third kappa shape index (κ3) is 3.75. The zero-order valence-corrected chi connectivity index (χ0v) is 11.3. The van der Waals surface area contributed by atoms with Crippen LogP contribution in [0, 0.1) is 16.7 Å². The monoisotopic (exact) mass is 295 g/mol. The van der Waals surface area contributed by atoms with Gasteiger partial charge < -0.3 is 11.1 Å². The second kappa shape index (κ2) is 5.19. The molecule has 0 atom stereocenters. The van der Waals surface area contributed by atoms with Crippen molar-refractivity contribution < 1.29 is 4.79 Å². The van der Waals surface area contributed by atoms with E-state index in [4.69, 9.17) is 11.0 Å². The fourth-order valence-electron chi connectivity index (χ4n) is 1.11. The number of halogens is 1. The van der Waals surface area contributed by atoms with E-state index in [0.29, 0.717) is 22.3 Å². The van der Waals surface area contributed by atoms with E-state index >= 15 is 0 Å². The van der Waals surface area contributed by atoms with Crippen LogP contribution in [0.25, 0.3) is 0 Å². The van der Waals surface area contributed by atoms with Gasteiger partial charge in [0.25, 0.3) is 5.91 Å². The lowest BCUT2D eigenvalue weighted by molar-refractivity contribution is 0.0943. The molecule has 1 amide bonds. The molecule has 90 valence electrons. The van der Waals surface area contributed by atoms with E-state index in [1.165, 1.54) is 0 Å². The van der Waals surface area contributed by atoms with Gasteiger partial charge in [0.2, 0.25) is 0 Å². The molecule has 0 aliphatic carbocycles. The molecule has 0 unspecified atom stereocenters. The van der Waals surface area contributed by atoms with Gasteiger partial charge in [0.15, 0.2) is 0 Å². The van der Waals surface area contributed by atoms with Crippen molar-refractivity contribution in [2.75, 3.05) is 12.3 Å². The number of carbonyl (C=O) groups excluding carboxylic acids is 1. The zero-order valence-electron chi connectivity index (χ0n) is 9.75. The number of nitriles is 1. The maximum Gasteiger partial charge on any atom is 0.251 e. The van der Waals surface area contributed by atoms with Crippen LogP contribution in [0.5, 0.6) is 0 Å². The summed E-state index contributed by atoms with van der Waals surface area (Å²) in [5, 5.41) is 11.5. The minimum Gasteiger partial charge on any atom is -0.398 e. The Bertz CT molecular complexity index is 477. The third-order valence-electron chi connectivity index (χ3n) is 2.26. The van der Waals surface area contributed by atoms with E-state index in [0.717, 1.165) is 0 Å². The summed E-state index contributed by atoms with van der Waals surface area (Å²) in [6, 6.07) is 7.09. The summed E-state index contributed by atoms with van der Waals surface area (Å²) in [4.78, 5) is 11.8. The molecular formula is C12H14BrN3O. The van der Waals surface area contributed by atoms with Crippen LogP contribution in [0.15, 0.2) is 22.7 Å². The van der Waals surface area contributed by atoms with Crippen molar-refractivity contribution in [2.45, 2.75) is 13.8 Å². The minimum atomic E-state index is -0.569. The highest BCUT2D eigenvalue weighted by molar-refractivity contribution is 9.10. The van der Waals surface area contributed by atoms with E-state index in [9.17, 15) is 4.79 Å². The highest BCUT2D eigenvalue weighted by Gasteiger charge is 2.18.